The number of carboxylic acid groups (broad SMARTS) is 1. The summed E-state index contributed by atoms with van der Waals surface area (Å²) in [7, 11) is 1.86. The van der Waals surface area contributed by atoms with Gasteiger partial charge in [0.1, 0.15) is 16.0 Å². The molecular weight excluding hydrogens is 300 g/mol. The molecule has 1 aromatic heterocycles. The van der Waals surface area contributed by atoms with E-state index in [0.717, 1.165) is 29.1 Å². The molecule has 0 amide bonds. The van der Waals surface area contributed by atoms with Gasteiger partial charge in [0.05, 0.1) is 16.9 Å². The van der Waals surface area contributed by atoms with Gasteiger partial charge in [-0.2, -0.15) is 5.26 Å². The van der Waals surface area contributed by atoms with Gasteiger partial charge in [0.15, 0.2) is 0 Å². The van der Waals surface area contributed by atoms with Crippen molar-refractivity contribution in [3.05, 3.63) is 34.3 Å². The first-order valence-electron chi connectivity index (χ1n) is 6.70. The Morgan fingerprint density at radius 3 is 2.82 bits per heavy atom. The van der Waals surface area contributed by atoms with Gasteiger partial charge in [0, 0.05) is 18.7 Å². The quantitative estimate of drug-likeness (QED) is 0.708. The third kappa shape index (κ3) is 3.42. The number of rotatable bonds is 6. The smallest absolute Gasteiger partial charge is 0.347 e. The SMILES string of the molecule is CNCCNc1ccc(-c2nc(C)c(C(=O)O)s2)cc1C#N. The van der Waals surface area contributed by atoms with Gasteiger partial charge in [-0.05, 0) is 32.2 Å². The number of hydrogen-bond donors (Lipinski definition) is 3. The van der Waals surface area contributed by atoms with Crippen molar-refractivity contribution in [2.45, 2.75) is 6.92 Å². The lowest BCUT2D eigenvalue weighted by molar-refractivity contribution is 0.0701. The predicted molar refractivity (Wildman–Crippen MR) is 86.4 cm³/mol. The van der Waals surface area contributed by atoms with Crippen LogP contribution in [-0.2, 0) is 0 Å². The largest absolute Gasteiger partial charge is 0.477 e. The van der Waals surface area contributed by atoms with Crippen LogP contribution in [0.2, 0.25) is 0 Å². The molecular formula is C15H16N4O2S. The van der Waals surface area contributed by atoms with Crippen LogP contribution >= 0.6 is 11.3 Å². The Hall–Kier alpha value is -2.43. The molecule has 114 valence electrons. The number of anilines is 1. The van der Waals surface area contributed by atoms with E-state index < -0.39 is 5.97 Å². The molecule has 0 aliphatic rings. The van der Waals surface area contributed by atoms with Crippen LogP contribution in [-0.4, -0.2) is 36.2 Å². The van der Waals surface area contributed by atoms with Gasteiger partial charge < -0.3 is 15.7 Å². The molecule has 0 unspecified atom stereocenters. The number of aromatic carboxylic acids is 1. The molecule has 0 radical (unpaired) electrons. The fourth-order valence-electron chi connectivity index (χ4n) is 1.96. The highest BCUT2D eigenvalue weighted by atomic mass is 32.1. The number of nitrogens with one attached hydrogen (secondary N) is 2. The number of thiazole rings is 1. The average Bonchev–Trinajstić information content (AvgIpc) is 2.90. The maximum Gasteiger partial charge on any atom is 0.347 e. The van der Waals surface area contributed by atoms with Crippen molar-refractivity contribution in [3.8, 4) is 16.6 Å². The van der Waals surface area contributed by atoms with E-state index >= 15 is 0 Å². The Bertz CT molecular complexity index is 734. The summed E-state index contributed by atoms with van der Waals surface area (Å²) in [5, 5.41) is 25.2. The van der Waals surface area contributed by atoms with E-state index in [2.05, 4.69) is 21.7 Å². The summed E-state index contributed by atoms with van der Waals surface area (Å²) >= 11 is 1.12. The van der Waals surface area contributed by atoms with E-state index in [-0.39, 0.29) is 4.88 Å². The van der Waals surface area contributed by atoms with Gasteiger partial charge in [-0.15, -0.1) is 11.3 Å². The van der Waals surface area contributed by atoms with E-state index in [1.54, 1.807) is 13.0 Å². The molecule has 0 aliphatic carbocycles. The highest BCUT2D eigenvalue weighted by Gasteiger charge is 2.15. The summed E-state index contributed by atoms with van der Waals surface area (Å²) in [4.78, 5) is 15.6. The Kier molecular flexibility index (Phi) is 5.09. The van der Waals surface area contributed by atoms with E-state index in [9.17, 15) is 10.1 Å². The van der Waals surface area contributed by atoms with Crippen molar-refractivity contribution in [2.75, 3.05) is 25.5 Å². The summed E-state index contributed by atoms with van der Waals surface area (Å²) in [6.45, 7) is 3.17. The number of nitrogens with zero attached hydrogens (tertiary/aromatic N) is 2. The first-order chi connectivity index (χ1) is 10.6. The maximum absolute atomic E-state index is 11.1. The zero-order chi connectivity index (χ0) is 16.1. The van der Waals surface area contributed by atoms with E-state index in [1.165, 1.54) is 0 Å². The molecule has 2 aromatic rings. The monoisotopic (exact) mass is 316 g/mol. The molecule has 2 rings (SSSR count). The van der Waals surface area contributed by atoms with Crippen LogP contribution in [0.4, 0.5) is 5.69 Å². The molecule has 0 aliphatic heterocycles. The van der Waals surface area contributed by atoms with E-state index in [0.29, 0.717) is 22.8 Å². The fraction of sp³-hybridized carbons (Fsp3) is 0.267. The van der Waals surface area contributed by atoms with Crippen LogP contribution in [0.15, 0.2) is 18.2 Å². The summed E-state index contributed by atoms with van der Waals surface area (Å²) < 4.78 is 0. The van der Waals surface area contributed by atoms with Crippen molar-refractivity contribution in [3.63, 3.8) is 0 Å². The second-order valence-electron chi connectivity index (χ2n) is 4.64. The predicted octanol–water partition coefficient (Wildman–Crippen LogP) is 2.32. The van der Waals surface area contributed by atoms with E-state index in [4.69, 9.17) is 5.11 Å². The highest BCUT2D eigenvalue weighted by molar-refractivity contribution is 7.17. The van der Waals surface area contributed by atoms with Crippen molar-refractivity contribution in [1.82, 2.24) is 10.3 Å². The third-order valence-corrected chi connectivity index (χ3v) is 4.26. The lowest BCUT2D eigenvalue weighted by atomic mass is 10.1. The number of nitriles is 1. The summed E-state index contributed by atoms with van der Waals surface area (Å²) in [6, 6.07) is 7.54. The van der Waals surface area contributed by atoms with Crippen LogP contribution in [0.5, 0.6) is 0 Å². The van der Waals surface area contributed by atoms with Gasteiger partial charge in [-0.1, -0.05) is 0 Å². The third-order valence-electron chi connectivity index (χ3n) is 3.07. The zero-order valence-electron chi connectivity index (χ0n) is 12.3. The molecule has 0 saturated heterocycles. The van der Waals surface area contributed by atoms with E-state index in [1.807, 2.05) is 19.2 Å². The van der Waals surface area contributed by atoms with Crippen LogP contribution in [0, 0.1) is 18.3 Å². The molecule has 3 N–H and O–H groups in total. The first-order valence-corrected chi connectivity index (χ1v) is 7.52. The standard InChI is InChI=1S/C15H16N4O2S/c1-9-13(15(20)21)22-14(19-9)10-3-4-12(11(7-10)8-16)18-6-5-17-2/h3-4,7,17-18H,5-6H2,1-2H3,(H,20,21). The van der Waals surface area contributed by atoms with Crippen molar-refractivity contribution < 1.29 is 9.90 Å². The second kappa shape index (κ2) is 7.02. The normalized spacial score (nSPS) is 10.2. The van der Waals surface area contributed by atoms with Crippen molar-refractivity contribution in [1.29, 1.82) is 5.26 Å². The number of likely N-dealkylation sites (N-methyl/N-ethyl adjacent to an activating group) is 1. The van der Waals surface area contributed by atoms with Crippen LogP contribution in [0.1, 0.15) is 20.9 Å². The molecule has 0 bridgehead atoms. The Morgan fingerprint density at radius 2 is 2.23 bits per heavy atom. The highest BCUT2D eigenvalue weighted by Crippen LogP contribution is 2.30. The van der Waals surface area contributed by atoms with Crippen LogP contribution in [0.25, 0.3) is 10.6 Å². The number of aromatic nitrogens is 1. The molecule has 1 aromatic carbocycles. The van der Waals surface area contributed by atoms with Crippen LogP contribution < -0.4 is 10.6 Å². The summed E-state index contributed by atoms with van der Waals surface area (Å²) in [5.41, 5.74) is 2.50. The minimum atomic E-state index is -0.980. The van der Waals surface area contributed by atoms with Gasteiger partial charge in [0.2, 0.25) is 0 Å². The van der Waals surface area contributed by atoms with Crippen LogP contribution in [0.3, 0.4) is 0 Å². The minimum absolute atomic E-state index is 0.227. The molecule has 0 saturated carbocycles. The summed E-state index contributed by atoms with van der Waals surface area (Å²) in [5.74, 6) is -0.980. The number of hydrogen-bond acceptors (Lipinski definition) is 6. The number of aryl methyl sites for hydroxylation is 1. The van der Waals surface area contributed by atoms with Gasteiger partial charge >= 0.3 is 5.97 Å². The molecule has 0 spiro atoms. The average molecular weight is 316 g/mol. The number of benzene rings is 1. The lowest BCUT2D eigenvalue weighted by Crippen LogP contribution is -2.18. The summed E-state index contributed by atoms with van der Waals surface area (Å²) in [6.07, 6.45) is 0. The Labute approximate surface area is 132 Å². The minimum Gasteiger partial charge on any atom is -0.477 e. The molecule has 0 fully saturated rings. The Morgan fingerprint density at radius 1 is 1.45 bits per heavy atom. The van der Waals surface area contributed by atoms with Gasteiger partial charge in [-0.25, -0.2) is 9.78 Å². The Balaban J connectivity index is 2.31. The van der Waals surface area contributed by atoms with Gasteiger partial charge in [0.25, 0.3) is 0 Å². The molecule has 0 atom stereocenters. The zero-order valence-corrected chi connectivity index (χ0v) is 13.1. The number of carboxylic acids is 1. The lowest BCUT2D eigenvalue weighted by Gasteiger charge is -2.08. The van der Waals surface area contributed by atoms with Gasteiger partial charge in [-0.3, -0.25) is 0 Å². The second-order valence-corrected chi connectivity index (χ2v) is 5.64. The molecule has 1 heterocycles. The molecule has 22 heavy (non-hydrogen) atoms. The maximum atomic E-state index is 11.1. The fourth-order valence-corrected chi connectivity index (χ4v) is 2.87. The topological polar surface area (TPSA) is 98.0 Å². The number of carbonyl (C=O) groups is 1. The molecule has 6 nitrogen and oxygen atoms in total. The molecule has 7 heteroatoms. The first kappa shape index (κ1) is 15.9. The van der Waals surface area contributed by atoms with Crippen molar-refractivity contribution >= 4 is 23.0 Å². The van der Waals surface area contributed by atoms with Crippen molar-refractivity contribution in [2.24, 2.45) is 0 Å².